The van der Waals surface area contributed by atoms with E-state index in [9.17, 15) is 0 Å². The third-order valence-electron chi connectivity index (χ3n) is 4.10. The lowest BCUT2D eigenvalue weighted by molar-refractivity contribution is 0.608. The van der Waals surface area contributed by atoms with Gasteiger partial charge in [0.25, 0.3) is 0 Å². The van der Waals surface area contributed by atoms with Crippen LogP contribution in [0.2, 0.25) is 0 Å². The summed E-state index contributed by atoms with van der Waals surface area (Å²) in [4.78, 5) is 0. The van der Waals surface area contributed by atoms with Gasteiger partial charge in [-0.3, -0.25) is 4.68 Å². The smallest absolute Gasteiger partial charge is 0.0970 e. The Morgan fingerprint density at radius 3 is 2.57 bits per heavy atom. The predicted molar refractivity (Wildman–Crippen MR) is 89.4 cm³/mol. The van der Waals surface area contributed by atoms with E-state index in [-0.39, 0.29) is 0 Å². The van der Waals surface area contributed by atoms with Crippen molar-refractivity contribution in [3.8, 4) is 22.5 Å². The first-order chi connectivity index (χ1) is 10.4. The van der Waals surface area contributed by atoms with Crippen molar-refractivity contribution < 1.29 is 0 Å². The maximum absolute atomic E-state index is 4.88. The van der Waals surface area contributed by atoms with Crippen LogP contribution in [-0.2, 0) is 18.3 Å². The Morgan fingerprint density at radius 1 is 1.00 bits per heavy atom. The van der Waals surface area contributed by atoms with Crippen LogP contribution in [0.15, 0.2) is 54.6 Å². The fraction of sp³-hybridized carbons (Fsp3) is 0.167. The molecular formula is C18H15BrN2. The van der Waals surface area contributed by atoms with Crippen LogP contribution in [0.1, 0.15) is 11.1 Å². The lowest BCUT2D eigenvalue weighted by atomic mass is 9.95. The first-order valence-corrected chi connectivity index (χ1v) is 8.30. The van der Waals surface area contributed by atoms with Gasteiger partial charge in [-0.25, -0.2) is 0 Å². The average molecular weight is 339 g/mol. The molecule has 0 fully saturated rings. The molecule has 0 unspecified atom stereocenters. The van der Waals surface area contributed by atoms with Crippen molar-refractivity contribution >= 4 is 15.9 Å². The van der Waals surface area contributed by atoms with Gasteiger partial charge in [0.1, 0.15) is 0 Å². The topological polar surface area (TPSA) is 17.8 Å². The molecule has 2 aromatic carbocycles. The molecule has 0 aliphatic carbocycles. The number of benzene rings is 2. The molecular weight excluding hydrogens is 324 g/mol. The fourth-order valence-electron chi connectivity index (χ4n) is 3.11. The van der Waals surface area contributed by atoms with Gasteiger partial charge in [0, 0.05) is 28.6 Å². The van der Waals surface area contributed by atoms with Crippen molar-refractivity contribution in [2.75, 3.05) is 0 Å². The fourth-order valence-corrected chi connectivity index (χ4v) is 3.64. The van der Waals surface area contributed by atoms with E-state index >= 15 is 0 Å². The number of aromatic nitrogens is 2. The second-order valence-corrected chi connectivity index (χ2v) is 5.87. The predicted octanol–water partition coefficient (Wildman–Crippen LogP) is 4.67. The molecule has 104 valence electrons. The minimum absolute atomic E-state index is 0.820. The summed E-state index contributed by atoms with van der Waals surface area (Å²) in [5.74, 6) is 0. The quantitative estimate of drug-likeness (QED) is 0.621. The van der Waals surface area contributed by atoms with Crippen molar-refractivity contribution in [1.29, 1.82) is 0 Å². The first kappa shape index (κ1) is 12.8. The van der Waals surface area contributed by atoms with Gasteiger partial charge in [0.05, 0.1) is 11.4 Å². The Bertz CT molecular complexity index is 790. The van der Waals surface area contributed by atoms with Crippen LogP contribution < -0.4 is 0 Å². The second-order valence-electron chi connectivity index (χ2n) is 5.31. The van der Waals surface area contributed by atoms with Crippen molar-refractivity contribution in [3.63, 3.8) is 0 Å². The molecule has 2 nitrogen and oxygen atoms in total. The molecule has 4 rings (SSSR count). The minimum atomic E-state index is 0.820. The van der Waals surface area contributed by atoms with Crippen LogP contribution in [0.25, 0.3) is 22.5 Å². The summed E-state index contributed by atoms with van der Waals surface area (Å²) < 4.78 is 2.17. The highest BCUT2D eigenvalue weighted by atomic mass is 79.9. The molecule has 0 N–H and O–H groups in total. The van der Waals surface area contributed by atoms with Crippen LogP contribution >= 0.6 is 15.9 Å². The average Bonchev–Trinajstić information content (AvgIpc) is 2.94. The van der Waals surface area contributed by atoms with E-state index in [1.165, 1.54) is 27.9 Å². The molecule has 0 amide bonds. The number of hydrogen-bond donors (Lipinski definition) is 0. The molecule has 0 bridgehead atoms. The number of hydrogen-bond acceptors (Lipinski definition) is 1. The Balaban J connectivity index is 1.97. The number of halogens is 1. The minimum Gasteiger partial charge on any atom is -0.264 e. The lowest BCUT2D eigenvalue weighted by Crippen LogP contribution is -2.12. The van der Waals surface area contributed by atoms with Crippen LogP contribution in [0.3, 0.4) is 0 Å². The summed E-state index contributed by atoms with van der Waals surface area (Å²) in [6.07, 6.45) is 1.06. The largest absolute Gasteiger partial charge is 0.264 e. The van der Waals surface area contributed by atoms with Crippen LogP contribution in [-0.4, -0.2) is 9.78 Å². The first-order valence-electron chi connectivity index (χ1n) is 7.18. The van der Waals surface area contributed by atoms with Gasteiger partial charge >= 0.3 is 0 Å². The molecule has 3 aromatic rings. The number of rotatable bonds is 2. The third-order valence-corrected chi connectivity index (χ3v) is 4.66. The van der Waals surface area contributed by atoms with Gasteiger partial charge in [0.2, 0.25) is 0 Å². The summed E-state index contributed by atoms with van der Waals surface area (Å²) in [7, 11) is 0. The Morgan fingerprint density at radius 2 is 1.76 bits per heavy atom. The molecule has 0 saturated heterocycles. The van der Waals surface area contributed by atoms with Crippen molar-refractivity contribution in [2.45, 2.75) is 18.3 Å². The van der Waals surface area contributed by atoms with Crippen molar-refractivity contribution in [3.05, 3.63) is 65.7 Å². The molecule has 21 heavy (non-hydrogen) atoms. The van der Waals surface area contributed by atoms with E-state index in [0.717, 1.165) is 24.0 Å². The SMILES string of the molecule is BrCc1c(-c2ccccc2)nn2c1-c1ccccc1CC2. The van der Waals surface area contributed by atoms with E-state index < -0.39 is 0 Å². The Labute approximate surface area is 132 Å². The van der Waals surface area contributed by atoms with E-state index in [1.807, 2.05) is 6.07 Å². The van der Waals surface area contributed by atoms with Crippen LogP contribution in [0.4, 0.5) is 0 Å². The third kappa shape index (κ3) is 2.04. The van der Waals surface area contributed by atoms with Crippen molar-refractivity contribution in [2.24, 2.45) is 0 Å². The highest BCUT2D eigenvalue weighted by Crippen LogP contribution is 2.37. The summed E-state index contributed by atoms with van der Waals surface area (Å²) >= 11 is 3.66. The normalized spacial score (nSPS) is 12.8. The zero-order valence-electron chi connectivity index (χ0n) is 11.6. The molecule has 3 heteroatoms. The van der Waals surface area contributed by atoms with Gasteiger partial charge in [-0.15, -0.1) is 0 Å². The highest BCUT2D eigenvalue weighted by Gasteiger charge is 2.24. The lowest BCUT2D eigenvalue weighted by Gasteiger charge is -2.18. The molecule has 1 aliphatic heterocycles. The van der Waals surface area contributed by atoms with Gasteiger partial charge in [0.15, 0.2) is 0 Å². The summed E-state index contributed by atoms with van der Waals surface area (Å²) in [5.41, 5.74) is 7.59. The second kappa shape index (κ2) is 5.15. The monoisotopic (exact) mass is 338 g/mol. The van der Waals surface area contributed by atoms with Gasteiger partial charge in [-0.1, -0.05) is 70.5 Å². The number of alkyl halides is 1. The summed E-state index contributed by atoms with van der Waals surface area (Å²) in [6, 6.07) is 19.1. The summed E-state index contributed by atoms with van der Waals surface area (Å²) in [6.45, 7) is 0.958. The Hall–Kier alpha value is -1.87. The molecule has 0 radical (unpaired) electrons. The molecule has 0 atom stereocenters. The zero-order chi connectivity index (χ0) is 14.2. The number of fused-ring (bicyclic) bond motifs is 3. The Kier molecular flexibility index (Phi) is 3.15. The maximum Gasteiger partial charge on any atom is 0.0970 e. The molecule has 1 aromatic heterocycles. The van der Waals surface area contributed by atoms with E-state index in [2.05, 4.69) is 69.1 Å². The molecule has 0 spiro atoms. The van der Waals surface area contributed by atoms with Crippen molar-refractivity contribution in [1.82, 2.24) is 9.78 Å². The van der Waals surface area contributed by atoms with E-state index in [1.54, 1.807) is 0 Å². The van der Waals surface area contributed by atoms with Gasteiger partial charge in [-0.05, 0) is 12.0 Å². The van der Waals surface area contributed by atoms with E-state index in [0.29, 0.717) is 0 Å². The maximum atomic E-state index is 4.88. The van der Waals surface area contributed by atoms with Gasteiger partial charge in [-0.2, -0.15) is 5.10 Å². The zero-order valence-corrected chi connectivity index (χ0v) is 13.2. The molecule has 0 saturated carbocycles. The number of aryl methyl sites for hydroxylation is 2. The van der Waals surface area contributed by atoms with Crippen LogP contribution in [0, 0.1) is 0 Å². The molecule has 1 aliphatic rings. The number of nitrogens with zero attached hydrogens (tertiary/aromatic N) is 2. The standard InChI is InChI=1S/C18H15BrN2/c19-12-16-17(14-7-2-1-3-8-14)20-21-11-10-13-6-4-5-9-15(13)18(16)21/h1-9H,10-12H2. The van der Waals surface area contributed by atoms with Crippen LogP contribution in [0.5, 0.6) is 0 Å². The van der Waals surface area contributed by atoms with Gasteiger partial charge < -0.3 is 0 Å². The van der Waals surface area contributed by atoms with E-state index in [4.69, 9.17) is 5.10 Å². The highest BCUT2D eigenvalue weighted by molar-refractivity contribution is 9.08. The molecule has 2 heterocycles. The summed E-state index contributed by atoms with van der Waals surface area (Å²) in [5, 5.41) is 5.70.